The molecule has 4 heteroatoms. The van der Waals surface area contributed by atoms with E-state index in [1.54, 1.807) is 0 Å². The SMILES string of the molecule is N#CCCN(C(=O)C1(N)CCCCC1)C1CC1. The van der Waals surface area contributed by atoms with E-state index in [9.17, 15) is 4.79 Å². The van der Waals surface area contributed by atoms with E-state index in [1.165, 1.54) is 6.42 Å². The maximum Gasteiger partial charge on any atom is 0.242 e. The number of carbonyl (C=O) groups excluding carboxylic acids is 1. The zero-order valence-electron chi connectivity index (χ0n) is 10.3. The molecule has 0 heterocycles. The Balaban J connectivity index is 2.01. The van der Waals surface area contributed by atoms with E-state index >= 15 is 0 Å². The Morgan fingerprint density at radius 1 is 1.35 bits per heavy atom. The summed E-state index contributed by atoms with van der Waals surface area (Å²) in [6.45, 7) is 0.555. The third kappa shape index (κ3) is 2.78. The molecule has 17 heavy (non-hydrogen) atoms. The van der Waals surface area contributed by atoms with Gasteiger partial charge in [-0.15, -0.1) is 0 Å². The lowest BCUT2D eigenvalue weighted by atomic mass is 9.81. The van der Waals surface area contributed by atoms with Crippen LogP contribution < -0.4 is 5.73 Å². The summed E-state index contributed by atoms with van der Waals surface area (Å²) >= 11 is 0. The summed E-state index contributed by atoms with van der Waals surface area (Å²) in [7, 11) is 0. The molecule has 2 aliphatic carbocycles. The molecule has 0 aromatic rings. The Kier molecular flexibility index (Phi) is 3.68. The summed E-state index contributed by atoms with van der Waals surface area (Å²) in [5, 5.41) is 8.65. The van der Waals surface area contributed by atoms with Gasteiger partial charge in [0.1, 0.15) is 0 Å². The topological polar surface area (TPSA) is 70.1 Å². The Morgan fingerprint density at radius 2 is 2.00 bits per heavy atom. The fourth-order valence-corrected chi connectivity index (χ4v) is 2.69. The van der Waals surface area contributed by atoms with Gasteiger partial charge in [-0.1, -0.05) is 19.3 Å². The van der Waals surface area contributed by atoms with Crippen molar-refractivity contribution in [1.82, 2.24) is 4.90 Å². The first-order valence-electron chi connectivity index (χ1n) is 6.64. The molecule has 0 atom stereocenters. The van der Waals surface area contributed by atoms with Gasteiger partial charge in [0.25, 0.3) is 0 Å². The molecule has 0 saturated heterocycles. The van der Waals surface area contributed by atoms with Gasteiger partial charge in [0.15, 0.2) is 0 Å². The van der Waals surface area contributed by atoms with Crippen LogP contribution in [0.15, 0.2) is 0 Å². The Hall–Kier alpha value is -1.08. The van der Waals surface area contributed by atoms with Gasteiger partial charge in [0.2, 0.25) is 5.91 Å². The van der Waals surface area contributed by atoms with Crippen LogP contribution in [0.4, 0.5) is 0 Å². The zero-order valence-corrected chi connectivity index (χ0v) is 10.3. The highest BCUT2D eigenvalue weighted by atomic mass is 16.2. The summed E-state index contributed by atoms with van der Waals surface area (Å²) in [5.74, 6) is 0.0925. The zero-order chi connectivity index (χ0) is 12.3. The molecule has 1 amide bonds. The minimum Gasteiger partial charge on any atom is -0.337 e. The van der Waals surface area contributed by atoms with Crippen LogP contribution in [0.5, 0.6) is 0 Å². The summed E-state index contributed by atoms with van der Waals surface area (Å²) in [5.41, 5.74) is 5.62. The molecule has 0 unspecified atom stereocenters. The first kappa shape index (κ1) is 12.4. The Bertz CT molecular complexity index is 324. The predicted octanol–water partition coefficient (Wildman–Crippen LogP) is 1.55. The highest BCUT2D eigenvalue weighted by molar-refractivity contribution is 5.86. The number of nitrogens with two attached hydrogens (primary N) is 1. The van der Waals surface area contributed by atoms with Crippen molar-refractivity contribution in [2.45, 2.75) is 62.9 Å². The van der Waals surface area contributed by atoms with E-state index in [4.69, 9.17) is 11.0 Å². The van der Waals surface area contributed by atoms with E-state index in [0.29, 0.717) is 19.0 Å². The number of hydrogen-bond donors (Lipinski definition) is 1. The van der Waals surface area contributed by atoms with E-state index < -0.39 is 5.54 Å². The average molecular weight is 235 g/mol. The molecule has 2 rings (SSSR count). The lowest BCUT2D eigenvalue weighted by Gasteiger charge is -2.36. The van der Waals surface area contributed by atoms with E-state index in [2.05, 4.69) is 6.07 Å². The van der Waals surface area contributed by atoms with Crippen LogP contribution in [0, 0.1) is 11.3 Å². The summed E-state index contributed by atoms with van der Waals surface area (Å²) in [6, 6.07) is 2.48. The molecule has 2 fully saturated rings. The van der Waals surface area contributed by atoms with Crippen LogP contribution in [-0.2, 0) is 4.79 Å². The standard InChI is InChI=1S/C13H21N3O/c14-9-4-10-16(11-5-6-11)12(17)13(15)7-2-1-3-8-13/h11H,1-8,10,15H2. The first-order valence-corrected chi connectivity index (χ1v) is 6.64. The quantitative estimate of drug-likeness (QED) is 0.803. The van der Waals surface area contributed by atoms with E-state index in [1.807, 2.05) is 4.90 Å². The molecule has 4 nitrogen and oxygen atoms in total. The van der Waals surface area contributed by atoms with Crippen molar-refractivity contribution in [3.63, 3.8) is 0 Å². The second-order valence-electron chi connectivity index (χ2n) is 5.35. The van der Waals surface area contributed by atoms with Crippen molar-refractivity contribution >= 4 is 5.91 Å². The third-order valence-electron chi connectivity index (χ3n) is 3.88. The highest BCUT2D eigenvalue weighted by Crippen LogP contribution is 2.33. The molecule has 2 N–H and O–H groups in total. The molecule has 0 aromatic heterocycles. The fraction of sp³-hybridized carbons (Fsp3) is 0.846. The number of nitriles is 1. The Morgan fingerprint density at radius 3 is 2.53 bits per heavy atom. The normalized spacial score (nSPS) is 22.8. The van der Waals surface area contributed by atoms with Crippen LogP contribution in [0.3, 0.4) is 0 Å². The first-order chi connectivity index (χ1) is 8.17. The third-order valence-corrected chi connectivity index (χ3v) is 3.88. The van der Waals surface area contributed by atoms with Crippen molar-refractivity contribution in [2.75, 3.05) is 6.54 Å². The van der Waals surface area contributed by atoms with Crippen molar-refractivity contribution in [3.8, 4) is 6.07 Å². The van der Waals surface area contributed by atoms with Gasteiger partial charge in [-0.3, -0.25) is 4.79 Å². The van der Waals surface area contributed by atoms with Gasteiger partial charge >= 0.3 is 0 Å². The van der Waals surface area contributed by atoms with Crippen LogP contribution in [0.25, 0.3) is 0 Å². The van der Waals surface area contributed by atoms with Crippen LogP contribution in [0.2, 0.25) is 0 Å². The van der Waals surface area contributed by atoms with E-state index in [0.717, 1.165) is 38.5 Å². The Labute approximate surface area is 103 Å². The van der Waals surface area contributed by atoms with Gasteiger partial charge in [0.05, 0.1) is 18.0 Å². The smallest absolute Gasteiger partial charge is 0.242 e. The summed E-state index contributed by atoms with van der Waals surface area (Å²) < 4.78 is 0. The summed E-state index contributed by atoms with van der Waals surface area (Å²) in [6.07, 6.45) is 7.48. The molecule has 0 aromatic carbocycles. The minimum absolute atomic E-state index is 0.0925. The van der Waals surface area contributed by atoms with Crippen molar-refractivity contribution in [3.05, 3.63) is 0 Å². The van der Waals surface area contributed by atoms with Crippen LogP contribution >= 0.6 is 0 Å². The molecule has 0 spiro atoms. The monoisotopic (exact) mass is 235 g/mol. The van der Waals surface area contributed by atoms with Gasteiger partial charge < -0.3 is 10.6 Å². The molecule has 2 saturated carbocycles. The molecule has 0 radical (unpaired) electrons. The largest absolute Gasteiger partial charge is 0.337 e. The van der Waals surface area contributed by atoms with Crippen molar-refractivity contribution < 1.29 is 4.79 Å². The molecule has 94 valence electrons. The fourth-order valence-electron chi connectivity index (χ4n) is 2.69. The lowest BCUT2D eigenvalue weighted by molar-refractivity contribution is -0.138. The van der Waals surface area contributed by atoms with Gasteiger partial charge in [0, 0.05) is 12.6 Å². The van der Waals surface area contributed by atoms with Crippen molar-refractivity contribution in [2.24, 2.45) is 5.73 Å². The number of amides is 1. The molecule has 0 bridgehead atoms. The van der Waals surface area contributed by atoms with Crippen LogP contribution in [-0.4, -0.2) is 28.9 Å². The lowest BCUT2D eigenvalue weighted by Crippen LogP contribution is -2.57. The van der Waals surface area contributed by atoms with Crippen molar-refractivity contribution in [1.29, 1.82) is 5.26 Å². The number of nitrogens with zero attached hydrogens (tertiary/aromatic N) is 2. The number of carbonyl (C=O) groups is 1. The van der Waals surface area contributed by atoms with Gasteiger partial charge in [-0.05, 0) is 25.7 Å². The van der Waals surface area contributed by atoms with Gasteiger partial charge in [-0.25, -0.2) is 0 Å². The maximum atomic E-state index is 12.5. The predicted molar refractivity (Wildman–Crippen MR) is 65.0 cm³/mol. The molecular formula is C13H21N3O. The highest BCUT2D eigenvalue weighted by Gasteiger charge is 2.42. The molecule has 0 aliphatic heterocycles. The summed E-state index contributed by atoms with van der Waals surface area (Å²) in [4.78, 5) is 14.4. The molecular weight excluding hydrogens is 214 g/mol. The molecule has 2 aliphatic rings. The average Bonchev–Trinajstić information content (AvgIpc) is 3.15. The number of hydrogen-bond acceptors (Lipinski definition) is 3. The van der Waals surface area contributed by atoms with Crippen LogP contribution in [0.1, 0.15) is 51.4 Å². The second-order valence-corrected chi connectivity index (χ2v) is 5.35. The maximum absolute atomic E-state index is 12.5. The van der Waals surface area contributed by atoms with E-state index in [-0.39, 0.29) is 5.91 Å². The van der Waals surface area contributed by atoms with Gasteiger partial charge in [-0.2, -0.15) is 5.26 Å². The second kappa shape index (κ2) is 5.05. The number of rotatable bonds is 4. The minimum atomic E-state index is -0.643.